The first-order chi connectivity index (χ1) is 14.5. The van der Waals surface area contributed by atoms with Gasteiger partial charge >= 0.3 is 0 Å². The molecule has 0 saturated carbocycles. The Labute approximate surface area is 179 Å². The smallest absolute Gasteiger partial charge is 0.278 e. The van der Waals surface area contributed by atoms with Crippen LogP contribution in [0.15, 0.2) is 48.2 Å². The number of rotatable bonds is 9. The van der Waals surface area contributed by atoms with Gasteiger partial charge < -0.3 is 14.8 Å². The van der Waals surface area contributed by atoms with Gasteiger partial charge in [-0.1, -0.05) is 23.7 Å². The number of imide groups is 1. The number of methoxy groups -OCH3 is 1. The maximum Gasteiger partial charge on any atom is 0.278 e. The average molecular weight is 433 g/mol. The van der Waals surface area contributed by atoms with Gasteiger partial charge in [0.05, 0.1) is 17.7 Å². The third-order valence-corrected chi connectivity index (χ3v) is 4.89. The van der Waals surface area contributed by atoms with E-state index in [1.165, 1.54) is 36.3 Å². The number of amides is 2. The van der Waals surface area contributed by atoms with Crippen LogP contribution in [0, 0.1) is 5.82 Å². The van der Waals surface area contributed by atoms with Crippen LogP contribution in [0.1, 0.15) is 18.9 Å². The van der Waals surface area contributed by atoms with Crippen LogP contribution in [-0.4, -0.2) is 43.6 Å². The molecule has 158 valence electrons. The van der Waals surface area contributed by atoms with E-state index < -0.39 is 17.6 Å². The van der Waals surface area contributed by atoms with Crippen molar-refractivity contribution in [2.24, 2.45) is 0 Å². The third kappa shape index (κ3) is 4.63. The summed E-state index contributed by atoms with van der Waals surface area (Å²) < 4.78 is 23.8. The van der Waals surface area contributed by atoms with E-state index in [1.54, 1.807) is 18.2 Å². The number of nitrogens with zero attached hydrogens (tertiary/aromatic N) is 1. The summed E-state index contributed by atoms with van der Waals surface area (Å²) in [5.41, 5.74) is 1.27. The molecule has 3 rings (SSSR count). The standard InChI is InChI=1S/C22H22ClFN2O4/c1-3-30-12-4-11-26-21(27)19(14-5-7-15(24)8-6-14)20(22(26)28)25-16-9-10-18(29-2)17(23)13-16/h5-10,13,25H,3-4,11-12H2,1-2H3. The Hall–Kier alpha value is -2.90. The Morgan fingerprint density at radius 3 is 2.47 bits per heavy atom. The molecule has 6 nitrogen and oxygen atoms in total. The van der Waals surface area contributed by atoms with Gasteiger partial charge in [0.25, 0.3) is 11.8 Å². The molecule has 0 atom stereocenters. The predicted octanol–water partition coefficient (Wildman–Crippen LogP) is 4.11. The Balaban J connectivity index is 1.94. The lowest BCUT2D eigenvalue weighted by molar-refractivity contribution is -0.137. The van der Waals surface area contributed by atoms with Crippen molar-refractivity contribution < 1.29 is 23.5 Å². The Kier molecular flexibility index (Phi) is 7.07. The summed E-state index contributed by atoms with van der Waals surface area (Å²) in [6.07, 6.45) is 0.518. The van der Waals surface area contributed by atoms with E-state index in [-0.39, 0.29) is 17.8 Å². The molecule has 1 N–H and O–H groups in total. The molecule has 2 aromatic rings. The van der Waals surface area contributed by atoms with Crippen molar-refractivity contribution >= 4 is 34.7 Å². The van der Waals surface area contributed by atoms with Crippen molar-refractivity contribution in [2.75, 3.05) is 32.2 Å². The SMILES string of the molecule is CCOCCCN1C(=O)C(Nc2ccc(OC)c(Cl)c2)=C(c2ccc(F)cc2)C1=O. The molecule has 8 heteroatoms. The summed E-state index contributed by atoms with van der Waals surface area (Å²) in [4.78, 5) is 27.3. The minimum Gasteiger partial charge on any atom is -0.495 e. The molecule has 1 heterocycles. The van der Waals surface area contributed by atoms with Crippen molar-refractivity contribution in [3.63, 3.8) is 0 Å². The second-order valence-corrected chi connectivity index (χ2v) is 6.95. The van der Waals surface area contributed by atoms with Crippen molar-refractivity contribution in [1.29, 1.82) is 0 Å². The second-order valence-electron chi connectivity index (χ2n) is 6.54. The second kappa shape index (κ2) is 9.73. The minimum absolute atomic E-state index is 0.115. The molecule has 2 amide bonds. The highest BCUT2D eigenvalue weighted by Gasteiger charge is 2.38. The van der Waals surface area contributed by atoms with E-state index in [1.807, 2.05) is 6.92 Å². The highest BCUT2D eigenvalue weighted by Crippen LogP contribution is 2.33. The number of carbonyl (C=O) groups is 2. The number of halogens is 2. The van der Waals surface area contributed by atoms with Crippen LogP contribution < -0.4 is 10.1 Å². The number of carbonyl (C=O) groups excluding carboxylic acids is 2. The van der Waals surface area contributed by atoms with E-state index in [0.717, 1.165) is 0 Å². The van der Waals surface area contributed by atoms with Crippen molar-refractivity contribution in [3.05, 3.63) is 64.6 Å². The molecule has 1 aliphatic rings. The van der Waals surface area contributed by atoms with Gasteiger partial charge in [0, 0.05) is 25.4 Å². The lowest BCUT2D eigenvalue weighted by Crippen LogP contribution is -2.34. The van der Waals surface area contributed by atoms with E-state index >= 15 is 0 Å². The molecule has 0 fully saturated rings. The van der Waals surface area contributed by atoms with Crippen LogP contribution in [0.2, 0.25) is 5.02 Å². The molecule has 0 unspecified atom stereocenters. The Morgan fingerprint density at radius 2 is 1.83 bits per heavy atom. The molecular formula is C22H22ClFN2O4. The fraction of sp³-hybridized carbons (Fsp3) is 0.273. The Morgan fingerprint density at radius 1 is 1.10 bits per heavy atom. The molecular weight excluding hydrogens is 411 g/mol. The Bertz CT molecular complexity index is 976. The normalized spacial score (nSPS) is 13.9. The number of hydrogen-bond acceptors (Lipinski definition) is 5. The number of hydrogen-bond donors (Lipinski definition) is 1. The molecule has 30 heavy (non-hydrogen) atoms. The number of ether oxygens (including phenoxy) is 2. The van der Waals surface area contributed by atoms with Crippen LogP contribution in [0.3, 0.4) is 0 Å². The van der Waals surface area contributed by atoms with E-state index in [9.17, 15) is 14.0 Å². The molecule has 0 aliphatic carbocycles. The van der Waals surface area contributed by atoms with Crippen molar-refractivity contribution in [2.45, 2.75) is 13.3 Å². The number of benzene rings is 2. The average Bonchev–Trinajstić information content (AvgIpc) is 2.96. The number of nitrogens with one attached hydrogen (secondary N) is 1. The van der Waals surface area contributed by atoms with Gasteiger partial charge in [0.15, 0.2) is 0 Å². The summed E-state index contributed by atoms with van der Waals surface area (Å²) in [6.45, 7) is 3.10. The van der Waals surface area contributed by atoms with Gasteiger partial charge in [-0.15, -0.1) is 0 Å². The summed E-state index contributed by atoms with van der Waals surface area (Å²) >= 11 is 6.18. The third-order valence-electron chi connectivity index (χ3n) is 4.60. The van der Waals surface area contributed by atoms with Gasteiger partial charge in [0.1, 0.15) is 17.3 Å². The minimum atomic E-state index is -0.456. The van der Waals surface area contributed by atoms with Crippen LogP contribution in [0.25, 0.3) is 5.57 Å². The van der Waals surface area contributed by atoms with Crippen LogP contribution in [0.5, 0.6) is 5.75 Å². The lowest BCUT2D eigenvalue weighted by Gasteiger charge is -2.15. The quantitative estimate of drug-likeness (QED) is 0.477. The van der Waals surface area contributed by atoms with E-state index in [2.05, 4.69) is 5.32 Å². The first-order valence-electron chi connectivity index (χ1n) is 9.51. The first kappa shape index (κ1) is 21.8. The van der Waals surface area contributed by atoms with E-state index in [4.69, 9.17) is 21.1 Å². The zero-order chi connectivity index (χ0) is 21.7. The zero-order valence-corrected chi connectivity index (χ0v) is 17.5. The summed E-state index contributed by atoms with van der Waals surface area (Å²) in [6, 6.07) is 10.4. The topological polar surface area (TPSA) is 67.9 Å². The van der Waals surface area contributed by atoms with Gasteiger partial charge in [-0.3, -0.25) is 14.5 Å². The highest BCUT2D eigenvalue weighted by atomic mass is 35.5. The maximum absolute atomic E-state index is 13.4. The van der Waals surface area contributed by atoms with E-state index in [0.29, 0.717) is 41.7 Å². The largest absolute Gasteiger partial charge is 0.495 e. The molecule has 0 bridgehead atoms. The summed E-state index contributed by atoms with van der Waals surface area (Å²) in [5, 5.41) is 3.37. The number of anilines is 1. The zero-order valence-electron chi connectivity index (χ0n) is 16.7. The van der Waals surface area contributed by atoms with Gasteiger partial charge in [0.2, 0.25) is 0 Å². The van der Waals surface area contributed by atoms with Gasteiger partial charge in [-0.25, -0.2) is 4.39 Å². The van der Waals surface area contributed by atoms with Gasteiger partial charge in [-0.05, 0) is 49.2 Å². The first-order valence-corrected chi connectivity index (χ1v) is 9.88. The molecule has 0 spiro atoms. The van der Waals surface area contributed by atoms with Crippen LogP contribution in [0.4, 0.5) is 10.1 Å². The van der Waals surface area contributed by atoms with Crippen molar-refractivity contribution in [3.8, 4) is 5.75 Å². The molecule has 0 radical (unpaired) electrons. The summed E-state index contributed by atoms with van der Waals surface area (Å²) in [5.74, 6) is -0.838. The maximum atomic E-state index is 13.4. The summed E-state index contributed by atoms with van der Waals surface area (Å²) in [7, 11) is 1.50. The fourth-order valence-electron chi connectivity index (χ4n) is 3.14. The monoisotopic (exact) mass is 432 g/mol. The van der Waals surface area contributed by atoms with Crippen molar-refractivity contribution in [1.82, 2.24) is 4.90 Å². The predicted molar refractivity (Wildman–Crippen MR) is 113 cm³/mol. The van der Waals surface area contributed by atoms with Gasteiger partial charge in [-0.2, -0.15) is 0 Å². The molecule has 0 saturated heterocycles. The molecule has 2 aromatic carbocycles. The molecule has 1 aliphatic heterocycles. The van der Waals surface area contributed by atoms with Crippen LogP contribution in [-0.2, 0) is 14.3 Å². The molecule has 0 aromatic heterocycles. The van der Waals surface area contributed by atoms with Crippen LogP contribution >= 0.6 is 11.6 Å². The lowest BCUT2D eigenvalue weighted by atomic mass is 10.0. The highest BCUT2D eigenvalue weighted by molar-refractivity contribution is 6.36. The fourth-order valence-corrected chi connectivity index (χ4v) is 3.39.